The molecule has 1 aliphatic rings. The van der Waals surface area contributed by atoms with Gasteiger partial charge in [-0.25, -0.2) is 14.8 Å². The molecule has 0 bridgehead atoms. The minimum atomic E-state index is -0.676. The quantitative estimate of drug-likeness (QED) is 0.0959. The largest absolute Gasteiger partial charge is 0.453 e. The number of aromatic amines is 2. The lowest BCUT2D eigenvalue weighted by Crippen LogP contribution is -2.51. The van der Waals surface area contributed by atoms with Crippen molar-refractivity contribution < 1.29 is 19.1 Å². The Morgan fingerprint density at radius 2 is 1.65 bits per heavy atom. The number of carbonyl (C=O) groups is 3. The van der Waals surface area contributed by atoms with Crippen LogP contribution in [0, 0.1) is 5.92 Å². The predicted octanol–water partition coefficient (Wildman–Crippen LogP) is 5.38. The van der Waals surface area contributed by atoms with Crippen LogP contribution in [0.3, 0.4) is 0 Å². The molecule has 1 aliphatic heterocycles. The lowest BCUT2D eigenvalue weighted by molar-refractivity contribution is -0.135. The van der Waals surface area contributed by atoms with Gasteiger partial charge in [-0.05, 0) is 67.5 Å². The van der Waals surface area contributed by atoms with Gasteiger partial charge in [0.05, 0.1) is 49.0 Å². The molecule has 0 spiro atoms. The van der Waals surface area contributed by atoms with Crippen LogP contribution in [-0.2, 0) is 20.7 Å². The van der Waals surface area contributed by atoms with Crippen LogP contribution in [0.2, 0.25) is 0 Å². The Hall–Kier alpha value is -5.56. The number of ether oxygens (including phenoxy) is 1. The molecule has 13 heteroatoms. The fraction of sp³-hybridized carbons (Fsp3) is 0.385. The first-order chi connectivity index (χ1) is 25.2. The number of H-pyrrole nitrogens is 2. The minimum absolute atomic E-state index is 0.00864. The Morgan fingerprint density at radius 1 is 0.904 bits per heavy atom. The van der Waals surface area contributed by atoms with E-state index in [0.29, 0.717) is 19.6 Å². The highest BCUT2D eigenvalue weighted by Gasteiger charge is 2.37. The molecule has 52 heavy (non-hydrogen) atoms. The van der Waals surface area contributed by atoms with E-state index < -0.39 is 12.1 Å². The average molecular weight is 706 g/mol. The van der Waals surface area contributed by atoms with E-state index in [4.69, 9.17) is 9.72 Å². The van der Waals surface area contributed by atoms with E-state index >= 15 is 0 Å². The molecule has 5 N–H and O–H groups in total. The summed E-state index contributed by atoms with van der Waals surface area (Å²) in [7, 11) is 3.05. The zero-order chi connectivity index (χ0) is 36.6. The van der Waals surface area contributed by atoms with Crippen LogP contribution in [0.1, 0.15) is 57.2 Å². The maximum atomic E-state index is 13.5. The van der Waals surface area contributed by atoms with Gasteiger partial charge in [0.1, 0.15) is 17.7 Å². The monoisotopic (exact) mass is 705 g/mol. The third-order valence-corrected chi connectivity index (χ3v) is 9.49. The van der Waals surface area contributed by atoms with E-state index in [0.717, 1.165) is 88.3 Å². The van der Waals surface area contributed by atoms with Gasteiger partial charge in [-0.15, -0.1) is 0 Å². The summed E-state index contributed by atoms with van der Waals surface area (Å²) in [5.41, 5.74) is 6.81. The van der Waals surface area contributed by atoms with Crippen molar-refractivity contribution in [2.75, 3.05) is 33.8 Å². The van der Waals surface area contributed by atoms with Crippen LogP contribution in [-0.4, -0.2) is 87.6 Å². The minimum Gasteiger partial charge on any atom is -0.453 e. The maximum absolute atomic E-state index is 13.5. The van der Waals surface area contributed by atoms with Gasteiger partial charge in [-0.2, -0.15) is 0 Å². The number of nitrogens with zero attached hydrogens (tertiary/aromatic N) is 4. The van der Waals surface area contributed by atoms with E-state index in [1.54, 1.807) is 7.05 Å². The lowest BCUT2D eigenvalue weighted by atomic mass is 10.0. The number of carbonyl (C=O) groups excluding carboxylic acids is 3. The number of fused-ring (bicyclic) bond motifs is 1. The van der Waals surface area contributed by atoms with Crippen LogP contribution >= 0.6 is 0 Å². The summed E-state index contributed by atoms with van der Waals surface area (Å²) in [6.45, 7) is 5.40. The van der Waals surface area contributed by atoms with Crippen molar-refractivity contribution in [1.82, 2.24) is 45.8 Å². The molecule has 0 radical (unpaired) electrons. The number of benzene rings is 2. The summed E-state index contributed by atoms with van der Waals surface area (Å²) >= 11 is 0. The first-order valence-electron chi connectivity index (χ1n) is 17.9. The topological polar surface area (TPSA) is 170 Å². The van der Waals surface area contributed by atoms with Crippen LogP contribution < -0.4 is 16.0 Å². The molecule has 6 rings (SSSR count). The van der Waals surface area contributed by atoms with E-state index in [9.17, 15) is 14.4 Å². The van der Waals surface area contributed by atoms with Crippen molar-refractivity contribution >= 4 is 28.8 Å². The number of rotatable bonds is 14. The van der Waals surface area contributed by atoms with Crippen molar-refractivity contribution in [3.05, 3.63) is 78.8 Å². The third-order valence-electron chi connectivity index (χ3n) is 9.49. The molecule has 2 aromatic carbocycles. The Balaban J connectivity index is 1.08. The molecule has 1 fully saturated rings. The number of alkyl carbamates (subject to hydrolysis) is 1. The summed E-state index contributed by atoms with van der Waals surface area (Å²) in [4.78, 5) is 59.7. The van der Waals surface area contributed by atoms with Crippen molar-refractivity contribution in [2.24, 2.45) is 5.92 Å². The highest BCUT2D eigenvalue weighted by atomic mass is 16.5. The highest BCUT2D eigenvalue weighted by Crippen LogP contribution is 2.33. The van der Waals surface area contributed by atoms with Crippen molar-refractivity contribution in [2.45, 2.75) is 58.0 Å². The molecule has 2 atom stereocenters. The second-order valence-corrected chi connectivity index (χ2v) is 13.5. The van der Waals surface area contributed by atoms with Crippen LogP contribution in [0.4, 0.5) is 4.79 Å². The smallest absolute Gasteiger partial charge is 0.407 e. The number of aromatic nitrogens is 5. The lowest BCUT2D eigenvalue weighted by Gasteiger charge is -2.30. The Labute approximate surface area is 303 Å². The first-order valence-corrected chi connectivity index (χ1v) is 17.9. The molecule has 13 nitrogen and oxygen atoms in total. The van der Waals surface area contributed by atoms with Crippen LogP contribution in [0.5, 0.6) is 0 Å². The Bertz CT molecular complexity index is 2000. The van der Waals surface area contributed by atoms with Crippen LogP contribution in [0.25, 0.3) is 44.5 Å². The summed E-state index contributed by atoms with van der Waals surface area (Å²) in [6.07, 6.45) is 9.19. The number of hydrogen-bond donors (Lipinski definition) is 5. The number of methoxy groups -OCH3 is 1. The number of unbranched alkanes of at least 4 members (excludes halogenated alkanes) is 1. The van der Waals surface area contributed by atoms with Crippen LogP contribution in [0.15, 0.2) is 67.1 Å². The van der Waals surface area contributed by atoms with Gasteiger partial charge in [-0.3, -0.25) is 14.6 Å². The van der Waals surface area contributed by atoms with Gasteiger partial charge < -0.3 is 35.6 Å². The van der Waals surface area contributed by atoms with Gasteiger partial charge in [0.25, 0.3) is 0 Å². The maximum Gasteiger partial charge on any atom is 0.407 e. The Morgan fingerprint density at radius 3 is 2.42 bits per heavy atom. The van der Waals surface area contributed by atoms with E-state index in [-0.39, 0.29) is 23.8 Å². The molecule has 0 saturated carbocycles. The van der Waals surface area contributed by atoms with Crippen molar-refractivity contribution in [3.63, 3.8) is 0 Å². The fourth-order valence-corrected chi connectivity index (χ4v) is 6.64. The molecular formula is C39H47N9O4. The summed E-state index contributed by atoms with van der Waals surface area (Å²) in [5.74, 6) is 1.44. The molecule has 3 amide bonds. The summed E-state index contributed by atoms with van der Waals surface area (Å²) < 4.78 is 4.75. The summed E-state index contributed by atoms with van der Waals surface area (Å²) in [6, 6.07) is 15.9. The molecular weight excluding hydrogens is 658 g/mol. The molecule has 272 valence electrons. The molecule has 3 aromatic heterocycles. The molecule has 4 heterocycles. The zero-order valence-electron chi connectivity index (χ0n) is 30.2. The molecule has 0 aliphatic carbocycles. The second-order valence-electron chi connectivity index (χ2n) is 13.5. The number of hydrogen-bond acceptors (Lipinski definition) is 8. The van der Waals surface area contributed by atoms with Crippen molar-refractivity contribution in [3.8, 4) is 33.6 Å². The van der Waals surface area contributed by atoms with E-state index in [1.165, 1.54) is 7.11 Å². The van der Waals surface area contributed by atoms with Gasteiger partial charge in [0.2, 0.25) is 11.8 Å². The standard InChI is InChI=1S/C39H47N9O4/c1-24(2)36(47-39(51)52-4)38(50)48-17-7-8-33(48)37-44-22-31(46-37)26-12-10-25(11-13-26)27-14-15-28-18-29(20-42-30(28)19-27)32-21-43-34(45-32)9-5-6-16-41-35(49)23-40-3/h10-15,18-22,24,33,36,40H,5-9,16-17,23H2,1-4H3,(H,41,49)(H,43,45)(H,44,46)(H,47,51). The number of amides is 3. The number of pyridine rings is 1. The zero-order valence-corrected chi connectivity index (χ0v) is 30.2. The molecule has 1 saturated heterocycles. The summed E-state index contributed by atoms with van der Waals surface area (Å²) in [5, 5.41) is 9.48. The SMILES string of the molecule is CNCC(=O)NCCCCc1ncc(-c2cnc3cc(-c4ccc(-c5cnc(C6CCCN6C(=O)C(NC(=O)OC)C(C)C)[nH]5)cc4)ccc3c2)[nH]1. The van der Waals surface area contributed by atoms with Gasteiger partial charge in [0, 0.05) is 36.7 Å². The van der Waals surface area contributed by atoms with Crippen molar-refractivity contribution in [1.29, 1.82) is 0 Å². The highest BCUT2D eigenvalue weighted by molar-refractivity contribution is 5.88. The van der Waals surface area contributed by atoms with Gasteiger partial charge >= 0.3 is 6.09 Å². The van der Waals surface area contributed by atoms with E-state index in [2.05, 4.69) is 84.4 Å². The number of aryl methyl sites for hydroxylation is 1. The number of likely N-dealkylation sites (N-methyl/N-ethyl adjacent to an activating group) is 1. The third kappa shape index (κ3) is 8.48. The predicted molar refractivity (Wildman–Crippen MR) is 200 cm³/mol. The molecule has 2 unspecified atom stereocenters. The normalized spacial score (nSPS) is 14.9. The second kappa shape index (κ2) is 16.6. The fourth-order valence-electron chi connectivity index (χ4n) is 6.64. The first kappa shape index (κ1) is 36.2. The molecule has 5 aromatic rings. The number of imidazole rings is 2. The van der Waals surface area contributed by atoms with E-state index in [1.807, 2.05) is 37.3 Å². The number of nitrogens with one attached hydrogen (secondary N) is 5. The average Bonchev–Trinajstić information content (AvgIpc) is 3.95. The number of likely N-dealkylation sites (tertiary alicyclic amines) is 1. The Kier molecular flexibility index (Phi) is 11.6. The van der Waals surface area contributed by atoms with Gasteiger partial charge in [0.15, 0.2) is 0 Å². The van der Waals surface area contributed by atoms with Gasteiger partial charge in [-0.1, -0.05) is 50.2 Å².